The molecular formula is C29H27BrClF2N3O4. The van der Waals surface area contributed by atoms with Crippen LogP contribution in [0.3, 0.4) is 0 Å². The van der Waals surface area contributed by atoms with Gasteiger partial charge < -0.3 is 20.7 Å². The zero-order valence-corrected chi connectivity index (χ0v) is 24.5. The molecule has 0 aromatic heterocycles. The Morgan fingerprint density at radius 1 is 1.10 bits per heavy atom. The molecule has 7 nitrogen and oxygen atoms in total. The standard InChI is InChI=1S/C29H27BrClF2N3O4/c1-29(2,3)35-24(15-37)26(20-13-18(32)7-10-23(20)31)36(14-16-5-8-19(40-4)9-6-16)28(39)22-12-17(30)11-21(25(22)33)27(34)38/h5-13,26,35H,14H2,1-4H3,(H2,34,38). The molecule has 3 rings (SSSR count). The third-order valence-corrected chi connectivity index (χ3v) is 6.57. The third-order valence-electron chi connectivity index (χ3n) is 5.76. The summed E-state index contributed by atoms with van der Waals surface area (Å²) >= 11 is 9.68. The molecule has 1 atom stereocenters. The van der Waals surface area contributed by atoms with Gasteiger partial charge in [0.05, 0.1) is 18.2 Å². The molecule has 0 aliphatic carbocycles. The molecule has 11 heteroatoms. The fraction of sp³-hybridized carbons (Fsp3) is 0.241. The van der Waals surface area contributed by atoms with Gasteiger partial charge in [0.25, 0.3) is 11.8 Å². The van der Waals surface area contributed by atoms with Gasteiger partial charge in [0, 0.05) is 27.1 Å². The van der Waals surface area contributed by atoms with Gasteiger partial charge in [-0.15, -0.1) is 0 Å². The molecule has 3 aromatic rings. The Hall–Kier alpha value is -3.72. The topological polar surface area (TPSA) is 102 Å². The zero-order chi connectivity index (χ0) is 29.8. The van der Waals surface area contributed by atoms with Crippen LogP contribution >= 0.6 is 27.5 Å². The normalized spacial score (nSPS) is 11.8. The van der Waals surface area contributed by atoms with E-state index in [9.17, 15) is 18.8 Å². The molecule has 2 amide bonds. The first kappa shape index (κ1) is 30.8. The van der Waals surface area contributed by atoms with Crippen LogP contribution in [0.1, 0.15) is 58.7 Å². The number of rotatable bonds is 9. The van der Waals surface area contributed by atoms with Crippen molar-refractivity contribution < 1.29 is 27.9 Å². The maximum Gasteiger partial charge on any atom is 0.258 e. The summed E-state index contributed by atoms with van der Waals surface area (Å²) in [6.45, 7) is 5.14. The lowest BCUT2D eigenvalue weighted by Gasteiger charge is -2.36. The van der Waals surface area contributed by atoms with Crippen LogP contribution in [0.25, 0.3) is 0 Å². The van der Waals surface area contributed by atoms with Crippen molar-refractivity contribution in [3.05, 3.63) is 104 Å². The predicted octanol–water partition coefficient (Wildman–Crippen LogP) is 5.98. The molecule has 0 aliphatic rings. The van der Waals surface area contributed by atoms with Crippen molar-refractivity contribution in [3.8, 4) is 5.75 Å². The van der Waals surface area contributed by atoms with E-state index in [0.29, 0.717) is 11.3 Å². The summed E-state index contributed by atoms with van der Waals surface area (Å²) in [5.41, 5.74) is 4.11. The SMILES string of the molecule is COc1ccc(CN(C(=O)c2cc(Br)cc(C(N)=O)c2F)C(C(=C=O)NC(C)(C)C)c2cc(F)ccc2Cl)cc1. The van der Waals surface area contributed by atoms with Crippen LogP contribution in [0, 0.1) is 11.6 Å². The monoisotopic (exact) mass is 633 g/mol. The number of primary amides is 1. The van der Waals surface area contributed by atoms with E-state index < -0.39 is 46.2 Å². The van der Waals surface area contributed by atoms with Crippen molar-refractivity contribution in [2.24, 2.45) is 5.73 Å². The molecule has 1 unspecified atom stereocenters. The van der Waals surface area contributed by atoms with Gasteiger partial charge in [0.1, 0.15) is 35.1 Å². The van der Waals surface area contributed by atoms with E-state index in [4.69, 9.17) is 22.1 Å². The highest BCUT2D eigenvalue weighted by Crippen LogP contribution is 2.36. The molecule has 0 spiro atoms. The Bertz CT molecular complexity index is 1490. The fourth-order valence-electron chi connectivity index (χ4n) is 4.04. The van der Waals surface area contributed by atoms with Crippen LogP contribution < -0.4 is 15.8 Å². The maximum atomic E-state index is 15.5. The van der Waals surface area contributed by atoms with Gasteiger partial charge in [0.15, 0.2) is 0 Å². The molecule has 0 bridgehead atoms. The van der Waals surface area contributed by atoms with E-state index in [1.54, 1.807) is 45.0 Å². The first-order chi connectivity index (χ1) is 18.7. The maximum absolute atomic E-state index is 15.5. The molecule has 3 N–H and O–H groups in total. The Labute approximate surface area is 244 Å². The lowest BCUT2D eigenvalue weighted by molar-refractivity contribution is 0.0674. The molecule has 3 aromatic carbocycles. The van der Waals surface area contributed by atoms with Crippen LogP contribution in [-0.4, -0.2) is 35.3 Å². The van der Waals surface area contributed by atoms with Crippen molar-refractivity contribution in [3.63, 3.8) is 0 Å². The largest absolute Gasteiger partial charge is 0.497 e. The average Bonchev–Trinajstić information content (AvgIpc) is 2.89. The minimum Gasteiger partial charge on any atom is -0.497 e. The molecule has 0 saturated carbocycles. The van der Waals surface area contributed by atoms with Crippen LogP contribution in [0.4, 0.5) is 8.78 Å². The van der Waals surface area contributed by atoms with Gasteiger partial charge in [0.2, 0.25) is 0 Å². The van der Waals surface area contributed by atoms with Gasteiger partial charge in [-0.1, -0.05) is 39.7 Å². The summed E-state index contributed by atoms with van der Waals surface area (Å²) in [6.07, 6.45) is 0. The van der Waals surface area contributed by atoms with E-state index >= 15 is 4.39 Å². The number of benzene rings is 3. The lowest BCUT2D eigenvalue weighted by atomic mass is 9.97. The van der Waals surface area contributed by atoms with Gasteiger partial charge in [-0.25, -0.2) is 13.6 Å². The van der Waals surface area contributed by atoms with E-state index in [1.165, 1.54) is 19.2 Å². The quantitative estimate of drug-likeness (QED) is 0.282. The predicted molar refractivity (Wildman–Crippen MR) is 152 cm³/mol. The number of nitrogens with one attached hydrogen (secondary N) is 1. The first-order valence-electron chi connectivity index (χ1n) is 12.0. The van der Waals surface area contributed by atoms with E-state index in [1.807, 2.05) is 5.94 Å². The summed E-state index contributed by atoms with van der Waals surface area (Å²) in [5.74, 6) is -1.44. The second kappa shape index (κ2) is 12.6. The second-order valence-corrected chi connectivity index (χ2v) is 11.2. The van der Waals surface area contributed by atoms with Gasteiger partial charge in [-0.2, -0.15) is 0 Å². The summed E-state index contributed by atoms with van der Waals surface area (Å²) in [7, 11) is 1.50. The highest BCUT2D eigenvalue weighted by molar-refractivity contribution is 9.10. The summed E-state index contributed by atoms with van der Waals surface area (Å²) in [5, 5.41) is 3.07. The molecule has 0 heterocycles. The fourth-order valence-corrected chi connectivity index (χ4v) is 4.72. The third kappa shape index (κ3) is 7.27. The summed E-state index contributed by atoms with van der Waals surface area (Å²) < 4.78 is 35.5. The number of hydrogen-bond donors (Lipinski definition) is 2. The van der Waals surface area contributed by atoms with Crippen molar-refractivity contribution in [1.29, 1.82) is 0 Å². The number of carbonyl (C=O) groups excluding carboxylic acids is 3. The smallest absolute Gasteiger partial charge is 0.258 e. The molecule has 210 valence electrons. The van der Waals surface area contributed by atoms with E-state index in [-0.39, 0.29) is 27.3 Å². The molecule has 0 aliphatic heterocycles. The molecule has 0 saturated heterocycles. The Morgan fingerprint density at radius 2 is 1.73 bits per heavy atom. The number of halogens is 4. The number of carbonyl (C=O) groups is 2. The Balaban J connectivity index is 2.33. The van der Waals surface area contributed by atoms with E-state index in [0.717, 1.165) is 23.1 Å². The number of nitrogens with zero attached hydrogens (tertiary/aromatic N) is 1. The minimum absolute atomic E-state index is 0.0509. The molecule has 40 heavy (non-hydrogen) atoms. The van der Waals surface area contributed by atoms with Crippen LogP contribution in [0.2, 0.25) is 5.02 Å². The van der Waals surface area contributed by atoms with Gasteiger partial charge in [-0.3, -0.25) is 9.59 Å². The molecular weight excluding hydrogens is 608 g/mol. The minimum atomic E-state index is -1.34. The summed E-state index contributed by atoms with van der Waals surface area (Å²) in [4.78, 5) is 39.7. The Morgan fingerprint density at radius 3 is 2.27 bits per heavy atom. The first-order valence-corrected chi connectivity index (χ1v) is 13.1. The number of nitrogens with two attached hydrogens (primary N) is 1. The van der Waals surface area contributed by atoms with Gasteiger partial charge in [-0.05, 0) is 68.8 Å². The van der Waals surface area contributed by atoms with Crippen molar-refractivity contribution in [2.75, 3.05) is 7.11 Å². The van der Waals surface area contributed by atoms with Crippen molar-refractivity contribution in [2.45, 2.75) is 38.9 Å². The average molecular weight is 635 g/mol. The molecule has 0 radical (unpaired) electrons. The van der Waals surface area contributed by atoms with Crippen LogP contribution in [-0.2, 0) is 11.3 Å². The van der Waals surface area contributed by atoms with Crippen LogP contribution in [0.15, 0.2) is 64.8 Å². The Kier molecular flexibility index (Phi) is 9.73. The lowest BCUT2D eigenvalue weighted by Crippen LogP contribution is -2.44. The van der Waals surface area contributed by atoms with E-state index in [2.05, 4.69) is 21.2 Å². The van der Waals surface area contributed by atoms with Crippen molar-refractivity contribution >= 4 is 45.3 Å². The molecule has 0 fully saturated rings. The number of methoxy groups -OCH3 is 1. The highest BCUT2D eigenvalue weighted by Gasteiger charge is 2.35. The second-order valence-electron chi connectivity index (χ2n) is 9.92. The van der Waals surface area contributed by atoms with Crippen LogP contribution in [0.5, 0.6) is 5.75 Å². The van der Waals surface area contributed by atoms with Gasteiger partial charge >= 0.3 is 0 Å². The van der Waals surface area contributed by atoms with Crippen molar-refractivity contribution in [1.82, 2.24) is 10.2 Å². The number of amides is 2. The zero-order valence-electron chi connectivity index (χ0n) is 22.2. The number of hydrogen-bond acceptors (Lipinski definition) is 5. The summed E-state index contributed by atoms with van der Waals surface area (Å²) in [6, 6.07) is 11.2. The number of ether oxygens (including phenoxy) is 1. The highest BCUT2D eigenvalue weighted by atomic mass is 79.9.